The second-order valence-corrected chi connectivity index (χ2v) is 4.57. The lowest BCUT2D eigenvalue weighted by Crippen LogP contribution is -2.24. The van der Waals surface area contributed by atoms with Crippen molar-refractivity contribution in [3.05, 3.63) is 59.7 Å². The van der Waals surface area contributed by atoms with Crippen molar-refractivity contribution in [2.24, 2.45) is 0 Å². The van der Waals surface area contributed by atoms with Gasteiger partial charge in [0.2, 0.25) is 0 Å². The molecule has 2 rings (SSSR count). The summed E-state index contributed by atoms with van der Waals surface area (Å²) in [6, 6.07) is 13.6. The first-order valence-electron chi connectivity index (χ1n) is 7.05. The fourth-order valence-electron chi connectivity index (χ4n) is 1.95. The second kappa shape index (κ2) is 8.53. The quantitative estimate of drug-likeness (QED) is 0.857. The van der Waals surface area contributed by atoms with E-state index in [1.807, 2.05) is 30.3 Å². The Kier molecular flexibility index (Phi) is 6.15. The van der Waals surface area contributed by atoms with E-state index in [4.69, 9.17) is 4.74 Å². The van der Waals surface area contributed by atoms with E-state index in [1.54, 1.807) is 0 Å². The number of halogens is 2. The molecule has 0 aromatic heterocycles. The molecule has 0 bridgehead atoms. The summed E-state index contributed by atoms with van der Waals surface area (Å²) in [5.74, 6) is 4.84. The van der Waals surface area contributed by atoms with Gasteiger partial charge in [0.25, 0.3) is 5.91 Å². The molecule has 0 aliphatic rings. The molecule has 124 valence electrons. The number of hydrogen-bond acceptors (Lipinski definition) is 3. The fraction of sp³-hybridized carbons (Fsp3) is 0.167. The van der Waals surface area contributed by atoms with E-state index in [0.717, 1.165) is 5.56 Å². The van der Waals surface area contributed by atoms with Gasteiger partial charge >= 0.3 is 6.61 Å². The fourth-order valence-corrected chi connectivity index (χ4v) is 1.95. The van der Waals surface area contributed by atoms with E-state index in [0.29, 0.717) is 0 Å². The van der Waals surface area contributed by atoms with Gasteiger partial charge in [-0.1, -0.05) is 36.1 Å². The number of carbonyl (C=O) groups excluding carboxylic acids is 1. The van der Waals surface area contributed by atoms with Crippen molar-refractivity contribution in [2.75, 3.05) is 13.7 Å². The number of amides is 1. The molecule has 2 aromatic carbocycles. The zero-order valence-corrected chi connectivity index (χ0v) is 12.9. The van der Waals surface area contributed by atoms with Crippen molar-refractivity contribution in [3.63, 3.8) is 0 Å². The van der Waals surface area contributed by atoms with E-state index < -0.39 is 12.5 Å². The summed E-state index contributed by atoms with van der Waals surface area (Å²) in [5, 5.41) is 2.54. The van der Waals surface area contributed by atoms with Gasteiger partial charge in [-0.05, 0) is 24.3 Å². The third-order valence-electron chi connectivity index (χ3n) is 2.99. The van der Waals surface area contributed by atoms with E-state index >= 15 is 0 Å². The SMILES string of the molecule is COc1cccc(C(=O)NCC#Cc2ccccc2)c1OC(F)F. The third-order valence-corrected chi connectivity index (χ3v) is 2.99. The Bertz CT molecular complexity index is 752. The summed E-state index contributed by atoms with van der Waals surface area (Å²) in [7, 11) is 1.31. The molecule has 0 atom stereocenters. The van der Waals surface area contributed by atoms with Crippen LogP contribution in [-0.4, -0.2) is 26.2 Å². The summed E-state index contributed by atoms with van der Waals surface area (Å²) in [4.78, 5) is 12.2. The van der Waals surface area contributed by atoms with Gasteiger partial charge in [0, 0.05) is 5.56 Å². The first kappa shape index (κ1) is 17.3. The molecule has 1 amide bonds. The van der Waals surface area contributed by atoms with Crippen molar-refractivity contribution in [1.82, 2.24) is 5.32 Å². The summed E-state index contributed by atoms with van der Waals surface area (Å²) in [6.07, 6.45) is 0. The standard InChI is InChI=1S/C18H15F2NO3/c1-23-15-11-5-10-14(16(15)24-18(19)20)17(22)21-12-6-9-13-7-3-2-4-8-13/h2-5,7-8,10-11,18H,12H2,1H3,(H,21,22). The van der Waals surface area contributed by atoms with Gasteiger partial charge in [0.05, 0.1) is 19.2 Å². The lowest BCUT2D eigenvalue weighted by atomic mass is 10.1. The normalized spacial score (nSPS) is 9.83. The van der Waals surface area contributed by atoms with E-state index in [1.165, 1.54) is 25.3 Å². The maximum absolute atomic E-state index is 12.5. The molecule has 0 aliphatic carbocycles. The van der Waals surface area contributed by atoms with Crippen LogP contribution in [-0.2, 0) is 0 Å². The van der Waals surface area contributed by atoms with Crippen LogP contribution in [0.5, 0.6) is 11.5 Å². The van der Waals surface area contributed by atoms with Crippen LogP contribution < -0.4 is 14.8 Å². The summed E-state index contributed by atoms with van der Waals surface area (Å²) >= 11 is 0. The molecular weight excluding hydrogens is 316 g/mol. The molecule has 0 saturated heterocycles. The van der Waals surface area contributed by atoms with E-state index in [9.17, 15) is 13.6 Å². The van der Waals surface area contributed by atoms with Crippen LogP contribution in [0, 0.1) is 11.8 Å². The van der Waals surface area contributed by atoms with Crippen molar-refractivity contribution in [3.8, 4) is 23.3 Å². The van der Waals surface area contributed by atoms with Crippen molar-refractivity contribution < 1.29 is 23.0 Å². The summed E-state index contributed by atoms with van der Waals surface area (Å²) in [5.41, 5.74) is 0.769. The van der Waals surface area contributed by atoms with Crippen LogP contribution in [0.25, 0.3) is 0 Å². The number of rotatable bonds is 5. The van der Waals surface area contributed by atoms with Crippen molar-refractivity contribution in [2.45, 2.75) is 6.61 Å². The molecule has 1 N–H and O–H groups in total. The number of hydrogen-bond donors (Lipinski definition) is 1. The molecule has 0 heterocycles. The Hall–Kier alpha value is -3.07. The van der Waals surface area contributed by atoms with Crippen LogP contribution in [0.15, 0.2) is 48.5 Å². The summed E-state index contributed by atoms with van der Waals surface area (Å²) in [6.45, 7) is -3.00. The molecule has 0 fully saturated rings. The molecule has 0 unspecified atom stereocenters. The highest BCUT2D eigenvalue weighted by Crippen LogP contribution is 2.32. The van der Waals surface area contributed by atoms with Gasteiger partial charge in [-0.2, -0.15) is 8.78 Å². The number of alkyl halides is 2. The first-order valence-corrected chi connectivity index (χ1v) is 7.05. The van der Waals surface area contributed by atoms with Crippen LogP contribution >= 0.6 is 0 Å². The van der Waals surface area contributed by atoms with Gasteiger partial charge in [0.1, 0.15) is 0 Å². The lowest BCUT2D eigenvalue weighted by Gasteiger charge is -2.13. The number of carbonyl (C=O) groups is 1. The Labute approximate surface area is 138 Å². The van der Waals surface area contributed by atoms with Crippen LogP contribution in [0.2, 0.25) is 0 Å². The molecular formula is C18H15F2NO3. The number of ether oxygens (including phenoxy) is 2. The van der Waals surface area contributed by atoms with Crippen LogP contribution in [0.3, 0.4) is 0 Å². The average Bonchev–Trinajstić information content (AvgIpc) is 2.59. The monoisotopic (exact) mass is 331 g/mol. The zero-order chi connectivity index (χ0) is 17.4. The van der Waals surface area contributed by atoms with Gasteiger partial charge in [0.15, 0.2) is 11.5 Å². The lowest BCUT2D eigenvalue weighted by molar-refractivity contribution is -0.0515. The largest absolute Gasteiger partial charge is 0.493 e. The molecule has 6 heteroatoms. The van der Waals surface area contributed by atoms with E-state index in [2.05, 4.69) is 21.9 Å². The van der Waals surface area contributed by atoms with Crippen molar-refractivity contribution >= 4 is 5.91 Å². The molecule has 0 saturated carbocycles. The van der Waals surface area contributed by atoms with Gasteiger partial charge in [-0.3, -0.25) is 4.79 Å². The zero-order valence-electron chi connectivity index (χ0n) is 12.9. The maximum atomic E-state index is 12.5. The highest BCUT2D eigenvalue weighted by Gasteiger charge is 2.19. The highest BCUT2D eigenvalue weighted by atomic mass is 19.3. The topological polar surface area (TPSA) is 47.6 Å². The highest BCUT2D eigenvalue weighted by molar-refractivity contribution is 5.97. The summed E-state index contributed by atoms with van der Waals surface area (Å²) < 4.78 is 34.4. The molecule has 0 spiro atoms. The Morgan fingerprint density at radius 1 is 1.17 bits per heavy atom. The van der Waals surface area contributed by atoms with Gasteiger partial charge < -0.3 is 14.8 Å². The van der Waals surface area contributed by atoms with Crippen molar-refractivity contribution in [1.29, 1.82) is 0 Å². The van der Waals surface area contributed by atoms with Crippen LogP contribution in [0.4, 0.5) is 8.78 Å². The average molecular weight is 331 g/mol. The Balaban J connectivity index is 2.08. The molecule has 0 radical (unpaired) electrons. The minimum Gasteiger partial charge on any atom is -0.493 e. The number of para-hydroxylation sites is 1. The second-order valence-electron chi connectivity index (χ2n) is 4.57. The van der Waals surface area contributed by atoms with E-state index in [-0.39, 0.29) is 23.6 Å². The minimum absolute atomic E-state index is 0.0452. The predicted octanol–water partition coefficient (Wildman–Crippen LogP) is 3.08. The van der Waals surface area contributed by atoms with Gasteiger partial charge in [-0.15, -0.1) is 0 Å². The Morgan fingerprint density at radius 2 is 1.92 bits per heavy atom. The smallest absolute Gasteiger partial charge is 0.387 e. The Morgan fingerprint density at radius 3 is 2.58 bits per heavy atom. The molecule has 4 nitrogen and oxygen atoms in total. The molecule has 24 heavy (non-hydrogen) atoms. The number of nitrogens with one attached hydrogen (secondary N) is 1. The molecule has 2 aromatic rings. The predicted molar refractivity (Wildman–Crippen MR) is 85.3 cm³/mol. The maximum Gasteiger partial charge on any atom is 0.387 e. The van der Waals surface area contributed by atoms with Crippen LogP contribution in [0.1, 0.15) is 15.9 Å². The number of benzene rings is 2. The molecule has 0 aliphatic heterocycles. The minimum atomic E-state index is -3.06. The number of methoxy groups -OCH3 is 1. The van der Waals surface area contributed by atoms with Gasteiger partial charge in [-0.25, -0.2) is 0 Å². The first-order chi connectivity index (χ1) is 11.6. The third kappa shape index (κ3) is 4.71.